The number of aromatic amines is 1. The highest BCUT2D eigenvalue weighted by Crippen LogP contribution is 2.20. The van der Waals surface area contributed by atoms with Crippen molar-refractivity contribution in [3.05, 3.63) is 52.2 Å². The molecule has 2 heterocycles. The lowest BCUT2D eigenvalue weighted by atomic mass is 9.92. The minimum Gasteiger partial charge on any atom is -0.351 e. The summed E-state index contributed by atoms with van der Waals surface area (Å²) in [4.78, 5) is 29.3. The number of hydrogen-bond acceptors (Lipinski definition) is 3. The van der Waals surface area contributed by atoms with Crippen molar-refractivity contribution in [1.29, 1.82) is 0 Å². The van der Waals surface area contributed by atoms with E-state index in [2.05, 4.69) is 29.0 Å². The Morgan fingerprint density at radius 1 is 1.19 bits per heavy atom. The van der Waals surface area contributed by atoms with E-state index in [0.29, 0.717) is 12.1 Å². The number of aryl methyl sites for hydroxylation is 1. The normalized spacial score (nSPS) is 20.9. The first kappa shape index (κ1) is 18.5. The molecule has 6 nitrogen and oxygen atoms in total. The summed E-state index contributed by atoms with van der Waals surface area (Å²) in [6.45, 7) is 10.2. The molecule has 26 heavy (non-hydrogen) atoms. The van der Waals surface area contributed by atoms with Crippen LogP contribution in [0.4, 0.5) is 0 Å². The van der Waals surface area contributed by atoms with Gasteiger partial charge in [0.05, 0.1) is 5.69 Å². The van der Waals surface area contributed by atoms with E-state index in [1.165, 1.54) is 6.42 Å². The Balaban J connectivity index is 1.54. The van der Waals surface area contributed by atoms with Crippen LogP contribution in [0.1, 0.15) is 36.3 Å². The number of nitrogens with one attached hydrogen (secondary N) is 2. The fourth-order valence-electron chi connectivity index (χ4n) is 3.94. The number of H-pyrrole nitrogens is 1. The van der Waals surface area contributed by atoms with Gasteiger partial charge in [-0.1, -0.05) is 13.8 Å². The van der Waals surface area contributed by atoms with Gasteiger partial charge in [-0.05, 0) is 49.4 Å². The third kappa shape index (κ3) is 4.25. The van der Waals surface area contributed by atoms with Crippen LogP contribution in [0.25, 0.3) is 5.69 Å². The summed E-state index contributed by atoms with van der Waals surface area (Å²) in [6.07, 6.45) is 2.96. The monoisotopic (exact) mass is 356 g/mol. The second-order valence-corrected chi connectivity index (χ2v) is 7.58. The Morgan fingerprint density at radius 2 is 1.85 bits per heavy atom. The molecule has 2 unspecified atom stereocenters. The lowest BCUT2D eigenvalue weighted by Gasteiger charge is -2.34. The zero-order chi connectivity index (χ0) is 18.7. The first-order valence-corrected chi connectivity index (χ1v) is 9.32. The number of piperidine rings is 1. The van der Waals surface area contributed by atoms with E-state index in [9.17, 15) is 9.59 Å². The Bertz CT molecular complexity index is 796. The fourth-order valence-corrected chi connectivity index (χ4v) is 3.94. The summed E-state index contributed by atoms with van der Waals surface area (Å²) in [6, 6.07) is 7.11. The molecule has 0 aliphatic carbocycles. The number of rotatable bonds is 5. The van der Waals surface area contributed by atoms with Crippen LogP contribution >= 0.6 is 0 Å². The number of hydrogen-bond donors (Lipinski definition) is 2. The third-order valence-electron chi connectivity index (χ3n) is 5.01. The lowest BCUT2D eigenvalue weighted by molar-refractivity contribution is 0.0936. The van der Waals surface area contributed by atoms with Crippen LogP contribution in [-0.4, -0.2) is 46.5 Å². The van der Waals surface area contributed by atoms with E-state index in [0.717, 1.165) is 42.9 Å². The van der Waals surface area contributed by atoms with Gasteiger partial charge in [0.25, 0.3) is 5.91 Å². The zero-order valence-electron chi connectivity index (χ0n) is 15.8. The maximum Gasteiger partial charge on any atom is 0.330 e. The van der Waals surface area contributed by atoms with Crippen molar-refractivity contribution in [1.82, 2.24) is 19.8 Å². The molecule has 2 atom stereocenters. The quantitative estimate of drug-likeness (QED) is 0.863. The van der Waals surface area contributed by atoms with E-state index in [1.807, 2.05) is 6.92 Å². The Morgan fingerprint density at radius 3 is 2.42 bits per heavy atom. The molecule has 2 aromatic rings. The second-order valence-electron chi connectivity index (χ2n) is 7.58. The number of nitrogens with zero attached hydrogens (tertiary/aromatic N) is 2. The molecule has 1 saturated heterocycles. The molecular weight excluding hydrogens is 328 g/mol. The van der Waals surface area contributed by atoms with Crippen molar-refractivity contribution in [2.45, 2.75) is 27.2 Å². The SMILES string of the molecule is Cc1c[nH]c(=O)n1-c1ccc(C(=O)NCCN2CC(C)CC(C)C2)cc1. The summed E-state index contributed by atoms with van der Waals surface area (Å²) in [7, 11) is 0. The van der Waals surface area contributed by atoms with E-state index in [1.54, 1.807) is 35.0 Å². The molecule has 0 radical (unpaired) electrons. The maximum absolute atomic E-state index is 12.3. The number of likely N-dealkylation sites (tertiary alicyclic amines) is 1. The van der Waals surface area contributed by atoms with Crippen LogP contribution in [0.2, 0.25) is 0 Å². The summed E-state index contributed by atoms with van der Waals surface area (Å²) in [5, 5.41) is 3.00. The molecule has 3 rings (SSSR count). The Kier molecular flexibility index (Phi) is 5.61. The molecule has 1 aromatic heterocycles. The maximum atomic E-state index is 12.3. The van der Waals surface area contributed by atoms with Crippen LogP contribution in [0.15, 0.2) is 35.3 Å². The predicted molar refractivity (Wildman–Crippen MR) is 103 cm³/mol. The minimum absolute atomic E-state index is 0.0761. The second kappa shape index (κ2) is 7.91. The first-order chi connectivity index (χ1) is 12.4. The third-order valence-corrected chi connectivity index (χ3v) is 5.01. The van der Waals surface area contributed by atoms with Gasteiger partial charge in [0.1, 0.15) is 0 Å². The van der Waals surface area contributed by atoms with Gasteiger partial charge >= 0.3 is 5.69 Å². The largest absolute Gasteiger partial charge is 0.351 e. The summed E-state index contributed by atoms with van der Waals surface area (Å²) >= 11 is 0. The molecule has 2 N–H and O–H groups in total. The summed E-state index contributed by atoms with van der Waals surface area (Å²) in [5.41, 5.74) is 2.01. The Hall–Kier alpha value is -2.34. The number of benzene rings is 1. The van der Waals surface area contributed by atoms with Crippen molar-refractivity contribution in [3.8, 4) is 5.69 Å². The van der Waals surface area contributed by atoms with Gasteiger partial charge in [-0.3, -0.25) is 9.36 Å². The van der Waals surface area contributed by atoms with Crippen molar-refractivity contribution < 1.29 is 4.79 Å². The Labute approximate surface area is 154 Å². The minimum atomic E-state index is -0.176. The highest BCUT2D eigenvalue weighted by molar-refractivity contribution is 5.94. The number of carbonyl (C=O) groups is 1. The van der Waals surface area contributed by atoms with Crippen LogP contribution in [0.5, 0.6) is 0 Å². The van der Waals surface area contributed by atoms with Crippen LogP contribution in [0, 0.1) is 18.8 Å². The van der Waals surface area contributed by atoms with Crippen LogP contribution < -0.4 is 11.0 Å². The summed E-state index contributed by atoms with van der Waals surface area (Å²) < 4.78 is 1.58. The average Bonchev–Trinajstić information content (AvgIpc) is 2.93. The topological polar surface area (TPSA) is 70.1 Å². The van der Waals surface area contributed by atoms with Gasteiger partial charge in [0.2, 0.25) is 0 Å². The van der Waals surface area contributed by atoms with Gasteiger partial charge < -0.3 is 15.2 Å². The average molecular weight is 356 g/mol. The van der Waals surface area contributed by atoms with E-state index >= 15 is 0 Å². The first-order valence-electron chi connectivity index (χ1n) is 9.32. The molecule has 0 saturated carbocycles. The summed E-state index contributed by atoms with van der Waals surface area (Å²) in [5.74, 6) is 1.37. The van der Waals surface area contributed by atoms with Crippen molar-refractivity contribution in [3.63, 3.8) is 0 Å². The molecule has 1 aliphatic rings. The molecule has 1 amide bonds. The van der Waals surface area contributed by atoms with Gasteiger partial charge in [-0.25, -0.2) is 4.79 Å². The molecule has 6 heteroatoms. The number of amides is 1. The van der Waals surface area contributed by atoms with Gasteiger partial charge in [-0.2, -0.15) is 0 Å². The van der Waals surface area contributed by atoms with E-state index < -0.39 is 0 Å². The number of aromatic nitrogens is 2. The molecule has 1 fully saturated rings. The molecule has 0 spiro atoms. The van der Waals surface area contributed by atoms with Crippen molar-refractivity contribution >= 4 is 5.91 Å². The predicted octanol–water partition coefficient (Wildman–Crippen LogP) is 2.18. The molecule has 140 valence electrons. The fraction of sp³-hybridized carbons (Fsp3) is 0.500. The highest BCUT2D eigenvalue weighted by atomic mass is 16.2. The molecule has 1 aliphatic heterocycles. The van der Waals surface area contributed by atoms with Gasteiger partial charge in [0, 0.05) is 43.6 Å². The van der Waals surface area contributed by atoms with E-state index in [-0.39, 0.29) is 11.6 Å². The van der Waals surface area contributed by atoms with Crippen LogP contribution in [0.3, 0.4) is 0 Å². The molecular formula is C20H28N4O2. The van der Waals surface area contributed by atoms with E-state index in [4.69, 9.17) is 0 Å². The van der Waals surface area contributed by atoms with Gasteiger partial charge in [-0.15, -0.1) is 0 Å². The molecule has 0 bridgehead atoms. The standard InChI is InChI=1S/C20H28N4O2/c1-14-10-15(2)13-23(12-14)9-8-21-19(25)17-4-6-18(7-5-17)24-16(3)11-22-20(24)26/h4-7,11,14-15H,8-10,12-13H2,1-3H3,(H,21,25)(H,22,26). The van der Waals surface area contributed by atoms with Gasteiger partial charge in [0.15, 0.2) is 0 Å². The van der Waals surface area contributed by atoms with Crippen molar-refractivity contribution in [2.24, 2.45) is 11.8 Å². The van der Waals surface area contributed by atoms with Crippen LogP contribution in [-0.2, 0) is 0 Å². The zero-order valence-corrected chi connectivity index (χ0v) is 15.8. The highest BCUT2D eigenvalue weighted by Gasteiger charge is 2.21. The number of imidazole rings is 1. The smallest absolute Gasteiger partial charge is 0.330 e. The van der Waals surface area contributed by atoms with Crippen molar-refractivity contribution in [2.75, 3.05) is 26.2 Å². The number of carbonyl (C=O) groups excluding carboxylic acids is 1. The lowest BCUT2D eigenvalue weighted by Crippen LogP contribution is -2.42. The molecule has 1 aromatic carbocycles.